The highest BCUT2D eigenvalue weighted by molar-refractivity contribution is 6.17. The van der Waals surface area contributed by atoms with E-state index in [0.29, 0.717) is 25.7 Å². The minimum absolute atomic E-state index is 0.121. The van der Waals surface area contributed by atoms with Crippen LogP contribution in [0, 0.1) is 0 Å². The molecule has 29 heavy (non-hydrogen) atoms. The van der Waals surface area contributed by atoms with Gasteiger partial charge in [0.25, 0.3) is 0 Å². The normalized spacial score (nSPS) is 26.6. The highest BCUT2D eigenvalue weighted by Crippen LogP contribution is 2.29. The van der Waals surface area contributed by atoms with Gasteiger partial charge >= 0.3 is 17.9 Å². The van der Waals surface area contributed by atoms with Crippen LogP contribution in [0.25, 0.3) is 0 Å². The molecule has 0 aromatic rings. The second kappa shape index (κ2) is 13.7. The minimum Gasteiger partial charge on any atom is -0.456 e. The zero-order valence-corrected chi connectivity index (χ0v) is 17.8. The van der Waals surface area contributed by atoms with Gasteiger partial charge in [-0.1, -0.05) is 0 Å². The Bertz CT molecular complexity index is 529. The molecule has 0 amide bonds. The summed E-state index contributed by atoms with van der Waals surface area (Å²) in [7, 11) is 0. The predicted molar refractivity (Wildman–Crippen MR) is 99.3 cm³/mol. The Labute approximate surface area is 175 Å². The molecular formula is C18H29ClO10. The molecule has 0 saturated carbocycles. The van der Waals surface area contributed by atoms with E-state index in [9.17, 15) is 14.4 Å². The number of carbonyl (C=O) groups excluding carboxylic acids is 3. The number of esters is 3. The summed E-state index contributed by atoms with van der Waals surface area (Å²) in [5.41, 5.74) is 0. The van der Waals surface area contributed by atoms with Crippen LogP contribution in [0.1, 0.15) is 27.7 Å². The molecule has 1 aliphatic heterocycles. The number of rotatable bonds is 12. The Morgan fingerprint density at radius 3 is 1.79 bits per heavy atom. The van der Waals surface area contributed by atoms with Crippen molar-refractivity contribution in [1.82, 2.24) is 0 Å². The molecule has 0 aromatic carbocycles. The molecule has 0 bridgehead atoms. The first-order valence-electron chi connectivity index (χ1n) is 9.26. The van der Waals surface area contributed by atoms with Crippen LogP contribution >= 0.6 is 11.6 Å². The van der Waals surface area contributed by atoms with Gasteiger partial charge in [-0.2, -0.15) is 0 Å². The lowest BCUT2D eigenvalue weighted by atomic mass is 9.99. The van der Waals surface area contributed by atoms with Crippen LogP contribution in [-0.2, 0) is 47.5 Å². The molecule has 0 N–H and O–H groups in total. The van der Waals surface area contributed by atoms with E-state index in [-0.39, 0.29) is 13.2 Å². The first-order chi connectivity index (χ1) is 13.8. The molecule has 10 nitrogen and oxygen atoms in total. The Morgan fingerprint density at radius 1 is 0.759 bits per heavy atom. The maximum Gasteiger partial charge on any atom is 0.303 e. The van der Waals surface area contributed by atoms with Crippen molar-refractivity contribution in [2.24, 2.45) is 0 Å². The second-order valence-corrected chi connectivity index (χ2v) is 6.59. The lowest BCUT2D eigenvalue weighted by Crippen LogP contribution is -2.61. The molecule has 0 spiro atoms. The number of halogens is 1. The molecule has 1 heterocycles. The highest BCUT2D eigenvalue weighted by atomic mass is 35.5. The summed E-state index contributed by atoms with van der Waals surface area (Å²) in [5, 5.41) is 0. The van der Waals surface area contributed by atoms with Gasteiger partial charge in [0.2, 0.25) is 0 Å². The van der Waals surface area contributed by atoms with Crippen LogP contribution in [-0.4, -0.2) is 87.5 Å². The van der Waals surface area contributed by atoms with Crippen molar-refractivity contribution >= 4 is 29.5 Å². The number of alkyl halides is 1. The van der Waals surface area contributed by atoms with Gasteiger partial charge in [0.1, 0.15) is 0 Å². The zero-order valence-electron chi connectivity index (χ0n) is 17.1. The summed E-state index contributed by atoms with van der Waals surface area (Å²) < 4.78 is 37.7. The van der Waals surface area contributed by atoms with Gasteiger partial charge in [-0.25, -0.2) is 0 Å². The van der Waals surface area contributed by atoms with Crippen LogP contribution in [0.5, 0.6) is 0 Å². The molecule has 1 fully saturated rings. The first kappa shape index (κ1) is 25.6. The Hall–Kier alpha value is -1.46. The average Bonchev–Trinajstić information content (AvgIpc) is 2.62. The number of hydrogen-bond donors (Lipinski definition) is 0. The topological polar surface area (TPSA) is 116 Å². The van der Waals surface area contributed by atoms with Gasteiger partial charge < -0.3 is 33.2 Å². The molecule has 11 heteroatoms. The van der Waals surface area contributed by atoms with Gasteiger partial charge in [-0.05, 0) is 6.92 Å². The highest BCUT2D eigenvalue weighted by Gasteiger charge is 2.50. The molecule has 0 aromatic heterocycles. The van der Waals surface area contributed by atoms with Gasteiger partial charge in [-0.15, -0.1) is 11.6 Å². The standard InChI is InChI=1S/C18H29ClO10/c1-11-15(27-12(2)20)16(28-13(3)21)17(29-14(4)22)18(26-11)25-10-9-24-8-7-23-6-5-19/h11,15-18H,5-10H2,1-4H3/t11-,15+,16?,17-,18?/m1/s1. The van der Waals surface area contributed by atoms with Crippen LogP contribution in [0.2, 0.25) is 0 Å². The first-order valence-corrected chi connectivity index (χ1v) is 9.79. The van der Waals surface area contributed by atoms with Crippen molar-refractivity contribution in [3.63, 3.8) is 0 Å². The van der Waals surface area contributed by atoms with E-state index in [2.05, 4.69) is 0 Å². The third-order valence-electron chi connectivity index (χ3n) is 3.74. The Balaban J connectivity index is 2.72. The van der Waals surface area contributed by atoms with Gasteiger partial charge in [0.05, 0.1) is 39.1 Å². The van der Waals surface area contributed by atoms with Crippen molar-refractivity contribution in [2.75, 3.05) is 38.9 Å². The second-order valence-electron chi connectivity index (χ2n) is 6.22. The SMILES string of the molecule is CC(=O)OC1[C@@H](OC(C)=O)C(OCCOCCOCCCl)O[C@H](C)[C@@H]1OC(C)=O. The van der Waals surface area contributed by atoms with E-state index in [1.807, 2.05) is 0 Å². The molecule has 0 radical (unpaired) electrons. The largest absolute Gasteiger partial charge is 0.456 e. The van der Waals surface area contributed by atoms with Crippen molar-refractivity contribution < 1.29 is 47.5 Å². The quantitative estimate of drug-likeness (QED) is 0.187. The smallest absolute Gasteiger partial charge is 0.303 e. The monoisotopic (exact) mass is 440 g/mol. The summed E-state index contributed by atoms with van der Waals surface area (Å²) >= 11 is 5.50. The van der Waals surface area contributed by atoms with E-state index in [1.165, 1.54) is 20.8 Å². The van der Waals surface area contributed by atoms with Crippen LogP contribution in [0.15, 0.2) is 0 Å². The maximum atomic E-state index is 11.6. The maximum absolute atomic E-state index is 11.6. The van der Waals surface area contributed by atoms with Crippen LogP contribution in [0.3, 0.4) is 0 Å². The van der Waals surface area contributed by atoms with E-state index in [4.69, 9.17) is 44.8 Å². The molecule has 168 valence electrons. The van der Waals surface area contributed by atoms with Crippen molar-refractivity contribution in [3.8, 4) is 0 Å². The Morgan fingerprint density at radius 2 is 1.24 bits per heavy atom. The zero-order chi connectivity index (χ0) is 21.8. The molecule has 1 aliphatic rings. The number of carbonyl (C=O) groups is 3. The van der Waals surface area contributed by atoms with E-state index in [0.717, 1.165) is 0 Å². The molecule has 2 unspecified atom stereocenters. The van der Waals surface area contributed by atoms with Crippen molar-refractivity contribution in [1.29, 1.82) is 0 Å². The predicted octanol–water partition coefficient (Wildman–Crippen LogP) is 0.815. The third-order valence-corrected chi connectivity index (χ3v) is 3.89. The van der Waals surface area contributed by atoms with Crippen LogP contribution < -0.4 is 0 Å². The number of ether oxygens (including phenoxy) is 7. The summed E-state index contributed by atoms with van der Waals surface area (Å²) in [5.74, 6) is -1.44. The molecule has 1 rings (SSSR count). The number of hydrogen-bond acceptors (Lipinski definition) is 10. The fraction of sp³-hybridized carbons (Fsp3) is 0.833. The molecular weight excluding hydrogens is 412 g/mol. The lowest BCUT2D eigenvalue weighted by Gasteiger charge is -2.43. The van der Waals surface area contributed by atoms with E-state index in [1.54, 1.807) is 6.92 Å². The van der Waals surface area contributed by atoms with Crippen molar-refractivity contribution in [3.05, 3.63) is 0 Å². The van der Waals surface area contributed by atoms with Gasteiger partial charge in [0.15, 0.2) is 24.6 Å². The summed E-state index contributed by atoms with van der Waals surface area (Å²) in [6.07, 6.45) is -4.88. The van der Waals surface area contributed by atoms with E-state index >= 15 is 0 Å². The van der Waals surface area contributed by atoms with Gasteiger partial charge in [-0.3, -0.25) is 14.4 Å². The fourth-order valence-electron chi connectivity index (χ4n) is 2.70. The summed E-state index contributed by atoms with van der Waals surface area (Å²) in [6, 6.07) is 0. The Kier molecular flexibility index (Phi) is 12.1. The summed E-state index contributed by atoms with van der Waals surface area (Å²) in [4.78, 5) is 34.6. The molecule has 1 saturated heterocycles. The average molecular weight is 441 g/mol. The molecule has 0 aliphatic carbocycles. The minimum atomic E-state index is -1.12. The van der Waals surface area contributed by atoms with Crippen molar-refractivity contribution in [2.45, 2.75) is 58.4 Å². The van der Waals surface area contributed by atoms with Crippen LogP contribution in [0.4, 0.5) is 0 Å². The summed E-state index contributed by atoms with van der Waals surface area (Å²) in [6.45, 7) is 6.81. The van der Waals surface area contributed by atoms with Gasteiger partial charge in [0, 0.05) is 26.7 Å². The lowest BCUT2D eigenvalue weighted by molar-refractivity contribution is -0.302. The third kappa shape index (κ3) is 9.72. The molecule has 5 atom stereocenters. The van der Waals surface area contributed by atoms with E-state index < -0.39 is 48.6 Å². The fourth-order valence-corrected chi connectivity index (χ4v) is 2.81.